The fraction of sp³-hybridized carbons (Fsp3) is 0.462. The summed E-state index contributed by atoms with van der Waals surface area (Å²) in [6, 6.07) is 1.35. The normalized spacial score (nSPS) is 15.6. The Balaban J connectivity index is 2.36. The van der Waals surface area contributed by atoms with E-state index in [2.05, 4.69) is 4.98 Å². The molecule has 0 radical (unpaired) electrons. The molecule has 1 saturated carbocycles. The number of hydrazine groups is 1. The van der Waals surface area contributed by atoms with Crippen molar-refractivity contribution in [1.82, 2.24) is 15.4 Å². The largest absolute Gasteiger partial charge is 0.464 e. The van der Waals surface area contributed by atoms with Crippen molar-refractivity contribution in [2.45, 2.75) is 37.9 Å². The first-order valence-corrected chi connectivity index (χ1v) is 6.66. The molecular formula is C13H14F3N3O3. The summed E-state index contributed by atoms with van der Waals surface area (Å²) >= 11 is 0. The van der Waals surface area contributed by atoms with E-state index in [1.165, 1.54) is 0 Å². The summed E-state index contributed by atoms with van der Waals surface area (Å²) in [4.78, 5) is 26.7. The number of amides is 2. The molecule has 2 amide bonds. The van der Waals surface area contributed by atoms with Crippen LogP contribution in [0.25, 0.3) is 0 Å². The van der Waals surface area contributed by atoms with Gasteiger partial charge in [0, 0.05) is 6.20 Å². The van der Waals surface area contributed by atoms with Gasteiger partial charge in [-0.2, -0.15) is 13.2 Å². The van der Waals surface area contributed by atoms with Gasteiger partial charge in [-0.25, -0.2) is 15.2 Å². The van der Waals surface area contributed by atoms with E-state index in [1.54, 1.807) is 0 Å². The van der Waals surface area contributed by atoms with Crippen LogP contribution >= 0.6 is 0 Å². The lowest BCUT2D eigenvalue weighted by atomic mass is 10.1. The van der Waals surface area contributed by atoms with E-state index >= 15 is 0 Å². The Labute approximate surface area is 123 Å². The summed E-state index contributed by atoms with van der Waals surface area (Å²) in [6.07, 6.45) is -2.57. The number of carbonyl (C=O) groups excluding carboxylic acids is 1. The smallest absolute Gasteiger partial charge is 0.423 e. The first-order valence-electron chi connectivity index (χ1n) is 6.66. The van der Waals surface area contributed by atoms with Crippen molar-refractivity contribution < 1.29 is 27.9 Å². The van der Waals surface area contributed by atoms with E-state index in [-0.39, 0.29) is 0 Å². The lowest BCUT2D eigenvalue weighted by molar-refractivity contribution is -0.138. The third-order valence-corrected chi connectivity index (χ3v) is 3.44. The number of hydrogen-bond donors (Lipinski definition) is 2. The van der Waals surface area contributed by atoms with Gasteiger partial charge in [0.25, 0.3) is 5.91 Å². The highest BCUT2D eigenvalue weighted by Crippen LogP contribution is 2.32. The molecule has 1 aliphatic rings. The fourth-order valence-corrected chi connectivity index (χ4v) is 2.49. The number of pyridine rings is 1. The highest BCUT2D eigenvalue weighted by molar-refractivity contribution is 5.94. The molecule has 2 rings (SSSR count). The van der Waals surface area contributed by atoms with Crippen LogP contribution in [-0.4, -0.2) is 33.1 Å². The molecule has 0 unspecified atom stereocenters. The van der Waals surface area contributed by atoms with Crippen molar-refractivity contribution in [3.63, 3.8) is 0 Å². The fourth-order valence-electron chi connectivity index (χ4n) is 2.49. The van der Waals surface area contributed by atoms with Gasteiger partial charge in [-0.15, -0.1) is 0 Å². The van der Waals surface area contributed by atoms with E-state index in [0.29, 0.717) is 12.8 Å². The SMILES string of the molecule is O=C(O)NN(C(=O)c1ncccc1C(F)(F)F)C1CCCC1. The highest BCUT2D eigenvalue weighted by Gasteiger charge is 2.39. The van der Waals surface area contributed by atoms with Crippen molar-refractivity contribution in [3.8, 4) is 0 Å². The van der Waals surface area contributed by atoms with Crippen LogP contribution in [0.4, 0.5) is 18.0 Å². The summed E-state index contributed by atoms with van der Waals surface area (Å²) < 4.78 is 38.9. The molecule has 1 aromatic heterocycles. The summed E-state index contributed by atoms with van der Waals surface area (Å²) in [5.41, 5.74) is -0.103. The van der Waals surface area contributed by atoms with Crippen LogP contribution in [-0.2, 0) is 6.18 Å². The number of halogens is 3. The number of nitrogens with zero attached hydrogens (tertiary/aromatic N) is 2. The van der Waals surface area contributed by atoms with Gasteiger partial charge >= 0.3 is 12.3 Å². The molecule has 0 saturated heterocycles. The Kier molecular flexibility index (Phi) is 4.53. The standard InChI is InChI=1S/C13H14F3N3O3/c14-13(15,16)9-6-3-7-17-10(9)11(20)19(18-12(21)22)8-4-1-2-5-8/h3,6-8,18H,1-2,4-5H2,(H,21,22). The zero-order valence-corrected chi connectivity index (χ0v) is 11.4. The Morgan fingerprint density at radius 2 is 1.95 bits per heavy atom. The van der Waals surface area contributed by atoms with E-state index in [1.807, 2.05) is 5.43 Å². The van der Waals surface area contributed by atoms with Gasteiger partial charge in [0.15, 0.2) is 0 Å². The Morgan fingerprint density at radius 1 is 1.32 bits per heavy atom. The first-order chi connectivity index (χ1) is 10.3. The van der Waals surface area contributed by atoms with E-state index in [4.69, 9.17) is 5.11 Å². The van der Waals surface area contributed by atoms with Crippen LogP contribution in [0, 0.1) is 0 Å². The molecule has 2 N–H and O–H groups in total. The van der Waals surface area contributed by atoms with E-state index in [0.717, 1.165) is 36.2 Å². The van der Waals surface area contributed by atoms with Gasteiger partial charge in [-0.1, -0.05) is 12.8 Å². The molecule has 6 nitrogen and oxygen atoms in total. The van der Waals surface area contributed by atoms with Crippen LogP contribution in [0.3, 0.4) is 0 Å². The topological polar surface area (TPSA) is 82.5 Å². The molecule has 0 aromatic carbocycles. The Hall–Kier alpha value is -2.32. The molecular weight excluding hydrogens is 303 g/mol. The van der Waals surface area contributed by atoms with Gasteiger partial charge in [-0.05, 0) is 25.0 Å². The molecule has 0 spiro atoms. The third kappa shape index (κ3) is 3.46. The van der Waals surface area contributed by atoms with Gasteiger partial charge in [0.2, 0.25) is 0 Å². The maximum absolute atomic E-state index is 13.0. The number of alkyl halides is 3. The molecule has 22 heavy (non-hydrogen) atoms. The van der Waals surface area contributed by atoms with Gasteiger partial charge in [0.05, 0.1) is 11.6 Å². The lowest BCUT2D eigenvalue weighted by Crippen LogP contribution is -2.51. The van der Waals surface area contributed by atoms with Crippen LogP contribution in [0.2, 0.25) is 0 Å². The lowest BCUT2D eigenvalue weighted by Gasteiger charge is -2.28. The van der Waals surface area contributed by atoms with Crippen LogP contribution < -0.4 is 5.43 Å². The zero-order chi connectivity index (χ0) is 16.3. The van der Waals surface area contributed by atoms with Gasteiger partial charge < -0.3 is 5.11 Å². The maximum Gasteiger partial charge on any atom is 0.423 e. The minimum absolute atomic E-state index is 0.466. The van der Waals surface area contributed by atoms with Crippen molar-refractivity contribution in [2.75, 3.05) is 0 Å². The summed E-state index contributed by atoms with van der Waals surface area (Å²) in [5.74, 6) is -1.10. The van der Waals surface area contributed by atoms with Crippen LogP contribution in [0.1, 0.15) is 41.7 Å². The molecule has 0 bridgehead atoms. The summed E-state index contributed by atoms with van der Waals surface area (Å²) in [6.45, 7) is 0. The van der Waals surface area contributed by atoms with Crippen molar-refractivity contribution in [3.05, 3.63) is 29.6 Å². The first kappa shape index (κ1) is 16.1. The number of rotatable bonds is 2. The second-order valence-corrected chi connectivity index (χ2v) is 4.93. The summed E-state index contributed by atoms with van der Waals surface area (Å²) in [7, 11) is 0. The van der Waals surface area contributed by atoms with E-state index < -0.39 is 35.5 Å². The summed E-state index contributed by atoms with van der Waals surface area (Å²) in [5, 5.41) is 9.56. The van der Waals surface area contributed by atoms with Crippen molar-refractivity contribution in [1.29, 1.82) is 0 Å². The third-order valence-electron chi connectivity index (χ3n) is 3.44. The number of aromatic nitrogens is 1. The second-order valence-electron chi connectivity index (χ2n) is 4.93. The van der Waals surface area contributed by atoms with Crippen molar-refractivity contribution in [2.24, 2.45) is 0 Å². The average Bonchev–Trinajstić information content (AvgIpc) is 2.97. The number of nitrogens with one attached hydrogen (secondary N) is 1. The number of carbonyl (C=O) groups is 2. The molecule has 120 valence electrons. The number of hydrogen-bond acceptors (Lipinski definition) is 3. The van der Waals surface area contributed by atoms with Crippen LogP contribution in [0.15, 0.2) is 18.3 Å². The molecule has 0 atom stereocenters. The maximum atomic E-state index is 13.0. The minimum Gasteiger partial charge on any atom is -0.464 e. The van der Waals surface area contributed by atoms with Crippen LogP contribution in [0.5, 0.6) is 0 Å². The Morgan fingerprint density at radius 3 is 2.50 bits per heavy atom. The minimum atomic E-state index is -4.75. The molecule has 1 aliphatic carbocycles. The predicted octanol–water partition coefficient (Wildman–Crippen LogP) is 2.67. The van der Waals surface area contributed by atoms with Gasteiger partial charge in [0.1, 0.15) is 5.69 Å². The Bertz CT molecular complexity index is 571. The second kappa shape index (κ2) is 6.20. The van der Waals surface area contributed by atoms with E-state index in [9.17, 15) is 22.8 Å². The number of carboxylic acid groups (broad SMARTS) is 1. The molecule has 1 fully saturated rings. The molecule has 1 heterocycles. The predicted molar refractivity (Wildman–Crippen MR) is 68.8 cm³/mol. The monoisotopic (exact) mass is 317 g/mol. The zero-order valence-electron chi connectivity index (χ0n) is 11.4. The van der Waals surface area contributed by atoms with Crippen molar-refractivity contribution >= 4 is 12.0 Å². The molecule has 0 aliphatic heterocycles. The molecule has 9 heteroatoms. The molecule has 1 aromatic rings. The average molecular weight is 317 g/mol. The quantitative estimate of drug-likeness (QED) is 0.822. The highest BCUT2D eigenvalue weighted by atomic mass is 19.4. The van der Waals surface area contributed by atoms with Gasteiger partial charge in [-0.3, -0.25) is 9.78 Å².